The number of nitro groups is 1. The van der Waals surface area contributed by atoms with E-state index in [4.69, 9.17) is 14.2 Å². The smallest absolute Gasteiger partial charge is 0.270 e. The Morgan fingerprint density at radius 1 is 1.31 bits per heavy atom. The number of rotatable bonds is 5. The quantitative estimate of drug-likeness (QED) is 0.348. The van der Waals surface area contributed by atoms with Gasteiger partial charge >= 0.3 is 0 Å². The molecule has 144 valence electrons. The van der Waals surface area contributed by atoms with Crippen molar-refractivity contribution in [1.82, 2.24) is 4.98 Å². The number of thiazole rings is 1. The molecular formula is C20H13N3O5S. The number of allylic oxidation sites excluding steroid dienone is 1. The monoisotopic (exact) mass is 407 g/mol. The maximum absolute atomic E-state index is 11.1. The van der Waals surface area contributed by atoms with Crippen molar-refractivity contribution >= 4 is 28.7 Å². The van der Waals surface area contributed by atoms with Crippen molar-refractivity contribution in [3.05, 3.63) is 62.5 Å². The molecule has 2 aromatic carbocycles. The molecule has 0 amide bonds. The number of nitriles is 1. The third-order valence-electron chi connectivity index (χ3n) is 4.25. The van der Waals surface area contributed by atoms with E-state index in [-0.39, 0.29) is 18.1 Å². The van der Waals surface area contributed by atoms with Gasteiger partial charge in [-0.05, 0) is 30.3 Å². The minimum absolute atomic E-state index is 0.0884. The van der Waals surface area contributed by atoms with Crippen molar-refractivity contribution < 1.29 is 19.1 Å². The molecule has 0 radical (unpaired) electrons. The lowest BCUT2D eigenvalue weighted by atomic mass is 10.1. The van der Waals surface area contributed by atoms with Crippen LogP contribution in [0.5, 0.6) is 17.2 Å². The van der Waals surface area contributed by atoms with Crippen LogP contribution in [-0.2, 0) is 0 Å². The maximum Gasteiger partial charge on any atom is 0.270 e. The average molecular weight is 407 g/mol. The van der Waals surface area contributed by atoms with Crippen molar-refractivity contribution in [2.45, 2.75) is 0 Å². The maximum atomic E-state index is 11.1. The van der Waals surface area contributed by atoms with Crippen molar-refractivity contribution in [3.8, 4) is 34.6 Å². The summed E-state index contributed by atoms with van der Waals surface area (Å²) in [5, 5.41) is 23.0. The minimum Gasteiger partial charge on any atom is -0.496 e. The first-order chi connectivity index (χ1) is 14.1. The topological polar surface area (TPSA) is 108 Å². The highest BCUT2D eigenvalue weighted by Crippen LogP contribution is 2.37. The Kier molecular flexibility index (Phi) is 4.85. The Morgan fingerprint density at radius 3 is 2.90 bits per heavy atom. The molecule has 1 aliphatic rings. The number of hydrogen-bond acceptors (Lipinski definition) is 8. The normalized spacial score (nSPS) is 12.5. The zero-order valence-corrected chi connectivity index (χ0v) is 15.9. The van der Waals surface area contributed by atoms with E-state index < -0.39 is 4.92 Å². The zero-order chi connectivity index (χ0) is 20.4. The van der Waals surface area contributed by atoms with Crippen LogP contribution in [0.15, 0.2) is 41.8 Å². The van der Waals surface area contributed by atoms with Crippen LogP contribution < -0.4 is 14.2 Å². The predicted molar refractivity (Wildman–Crippen MR) is 107 cm³/mol. The number of ether oxygens (including phenoxy) is 3. The molecule has 0 spiro atoms. The highest BCUT2D eigenvalue weighted by atomic mass is 32.1. The second-order valence-corrected chi connectivity index (χ2v) is 6.82. The molecule has 0 N–H and O–H groups in total. The number of aromatic nitrogens is 1. The molecule has 29 heavy (non-hydrogen) atoms. The molecule has 0 bridgehead atoms. The van der Waals surface area contributed by atoms with Gasteiger partial charge in [0.1, 0.15) is 16.8 Å². The first kappa shape index (κ1) is 18.5. The predicted octanol–water partition coefficient (Wildman–Crippen LogP) is 4.52. The lowest BCUT2D eigenvalue weighted by molar-refractivity contribution is -0.384. The zero-order valence-electron chi connectivity index (χ0n) is 15.1. The molecule has 0 unspecified atom stereocenters. The van der Waals surface area contributed by atoms with Crippen LogP contribution in [0.4, 0.5) is 5.69 Å². The number of benzene rings is 2. The molecule has 9 heteroatoms. The summed E-state index contributed by atoms with van der Waals surface area (Å²) in [5.74, 6) is 1.75. The van der Waals surface area contributed by atoms with Crippen molar-refractivity contribution in [1.29, 1.82) is 5.26 Å². The summed E-state index contributed by atoms with van der Waals surface area (Å²) in [4.78, 5) is 15.1. The van der Waals surface area contributed by atoms with Gasteiger partial charge in [0, 0.05) is 28.6 Å². The Morgan fingerprint density at radius 2 is 2.14 bits per heavy atom. The van der Waals surface area contributed by atoms with Crippen LogP contribution in [0, 0.1) is 21.4 Å². The van der Waals surface area contributed by atoms with Crippen molar-refractivity contribution in [2.24, 2.45) is 0 Å². The van der Waals surface area contributed by atoms with Gasteiger partial charge in [-0.3, -0.25) is 10.1 Å². The van der Waals surface area contributed by atoms with Crippen LogP contribution in [0.25, 0.3) is 22.9 Å². The fraction of sp³-hybridized carbons (Fsp3) is 0.100. The number of nitro benzene ring substituents is 1. The lowest BCUT2D eigenvalue weighted by Gasteiger charge is -2.05. The van der Waals surface area contributed by atoms with E-state index in [9.17, 15) is 15.4 Å². The van der Waals surface area contributed by atoms with Gasteiger partial charge in [-0.1, -0.05) is 0 Å². The summed E-state index contributed by atoms with van der Waals surface area (Å²) in [5.41, 5.74) is 2.14. The fourth-order valence-electron chi connectivity index (χ4n) is 2.83. The summed E-state index contributed by atoms with van der Waals surface area (Å²) in [6.45, 7) is 0.188. The Labute approximate surface area is 169 Å². The van der Waals surface area contributed by atoms with E-state index >= 15 is 0 Å². The van der Waals surface area contributed by atoms with Crippen LogP contribution >= 0.6 is 11.3 Å². The second kappa shape index (κ2) is 7.61. The van der Waals surface area contributed by atoms with Crippen LogP contribution in [-0.4, -0.2) is 23.8 Å². The number of nitrogens with zero attached hydrogens (tertiary/aromatic N) is 3. The molecule has 0 aliphatic carbocycles. The number of fused-ring (bicyclic) bond motifs is 1. The molecule has 0 saturated carbocycles. The summed E-state index contributed by atoms with van der Waals surface area (Å²) in [7, 11) is 1.46. The molecule has 0 saturated heterocycles. The van der Waals surface area contributed by atoms with Gasteiger partial charge < -0.3 is 14.2 Å². The van der Waals surface area contributed by atoms with Gasteiger partial charge in [-0.2, -0.15) is 5.26 Å². The Balaban J connectivity index is 1.70. The molecule has 2 heterocycles. The standard InChI is InChI=1S/C20H13N3O5S/c1-26-17-5-3-15(23(24)25)7-13(17)6-14(9-21)20-22-16(10-29-20)12-2-4-18-19(8-12)28-11-27-18/h2-8,10H,11H2,1H3. The molecule has 4 rings (SSSR count). The summed E-state index contributed by atoms with van der Waals surface area (Å²) in [6.07, 6.45) is 1.54. The van der Waals surface area contributed by atoms with E-state index in [1.807, 2.05) is 23.6 Å². The fourth-order valence-corrected chi connectivity index (χ4v) is 3.63. The van der Waals surface area contributed by atoms with E-state index in [2.05, 4.69) is 11.1 Å². The number of non-ortho nitro benzene ring substituents is 1. The van der Waals surface area contributed by atoms with E-state index in [0.717, 1.165) is 5.56 Å². The molecule has 1 aliphatic heterocycles. The first-order valence-electron chi connectivity index (χ1n) is 8.39. The Bertz CT molecular complexity index is 1180. The third-order valence-corrected chi connectivity index (χ3v) is 5.12. The van der Waals surface area contributed by atoms with Crippen LogP contribution in [0.2, 0.25) is 0 Å². The van der Waals surface area contributed by atoms with Crippen LogP contribution in [0.1, 0.15) is 10.6 Å². The van der Waals surface area contributed by atoms with Gasteiger partial charge in [0.15, 0.2) is 11.5 Å². The second-order valence-electron chi connectivity index (χ2n) is 5.96. The Hall–Kier alpha value is -3.90. The van der Waals surface area contributed by atoms with Gasteiger partial charge in [0.05, 0.1) is 23.3 Å². The van der Waals surface area contributed by atoms with Crippen molar-refractivity contribution in [2.75, 3.05) is 13.9 Å². The SMILES string of the molecule is COc1ccc([N+](=O)[O-])cc1C=C(C#N)c1nc(-c2ccc3c(c2)OCO3)cs1. The van der Waals surface area contributed by atoms with E-state index in [1.165, 1.54) is 42.7 Å². The molecular weight excluding hydrogens is 394 g/mol. The van der Waals surface area contributed by atoms with Gasteiger partial charge in [0.25, 0.3) is 5.69 Å². The lowest BCUT2D eigenvalue weighted by Crippen LogP contribution is -1.93. The van der Waals surface area contributed by atoms with Crippen molar-refractivity contribution in [3.63, 3.8) is 0 Å². The first-order valence-corrected chi connectivity index (χ1v) is 9.27. The molecule has 0 atom stereocenters. The van der Waals surface area contributed by atoms with Crippen LogP contribution in [0.3, 0.4) is 0 Å². The summed E-state index contributed by atoms with van der Waals surface area (Å²) >= 11 is 1.30. The summed E-state index contributed by atoms with van der Waals surface area (Å²) < 4.78 is 16.0. The average Bonchev–Trinajstić information content (AvgIpc) is 3.40. The van der Waals surface area contributed by atoms with Gasteiger partial charge in [-0.25, -0.2) is 4.98 Å². The van der Waals surface area contributed by atoms with Gasteiger partial charge in [0.2, 0.25) is 6.79 Å². The minimum atomic E-state index is -0.496. The molecule has 3 aromatic rings. The number of methoxy groups -OCH3 is 1. The summed E-state index contributed by atoms with van der Waals surface area (Å²) in [6, 6.07) is 11.8. The van der Waals surface area contributed by atoms with E-state index in [1.54, 1.807) is 0 Å². The highest BCUT2D eigenvalue weighted by Gasteiger charge is 2.17. The molecule has 0 fully saturated rings. The largest absolute Gasteiger partial charge is 0.496 e. The number of hydrogen-bond donors (Lipinski definition) is 0. The molecule has 8 nitrogen and oxygen atoms in total. The molecule has 1 aromatic heterocycles. The third kappa shape index (κ3) is 3.61. The van der Waals surface area contributed by atoms with E-state index in [0.29, 0.717) is 33.5 Å². The highest BCUT2D eigenvalue weighted by molar-refractivity contribution is 7.11. The van der Waals surface area contributed by atoms with Gasteiger partial charge in [-0.15, -0.1) is 11.3 Å².